The van der Waals surface area contributed by atoms with Crippen molar-refractivity contribution in [3.05, 3.63) is 90.0 Å². The number of carbonyl (C=O) groups is 3. The Morgan fingerprint density at radius 1 is 0.886 bits per heavy atom. The van der Waals surface area contributed by atoms with Crippen LogP contribution in [0.25, 0.3) is 11.0 Å². The molecule has 0 saturated carbocycles. The van der Waals surface area contributed by atoms with Gasteiger partial charge < -0.3 is 34.9 Å². The predicted molar refractivity (Wildman–Crippen MR) is 169 cm³/mol. The van der Waals surface area contributed by atoms with Gasteiger partial charge in [0, 0.05) is 44.0 Å². The zero-order valence-electron chi connectivity index (χ0n) is 25.2. The minimum atomic E-state index is -1.14. The molecule has 0 spiro atoms. The van der Waals surface area contributed by atoms with Crippen LogP contribution in [0.2, 0.25) is 0 Å². The van der Waals surface area contributed by atoms with Gasteiger partial charge in [0.05, 0.1) is 11.0 Å². The maximum Gasteiger partial charge on any atom is 0.408 e. The van der Waals surface area contributed by atoms with Crippen LogP contribution >= 0.6 is 0 Å². The molecule has 44 heavy (non-hydrogen) atoms. The molecule has 0 unspecified atom stereocenters. The normalized spacial score (nSPS) is 14.2. The number of H-pyrrole nitrogens is 1. The number of fused-ring (bicyclic) bond motifs is 1. The van der Waals surface area contributed by atoms with Crippen LogP contribution in [0.4, 0.5) is 16.4 Å². The van der Waals surface area contributed by atoms with E-state index in [1.165, 1.54) is 0 Å². The SMILES string of the molecule is CC(C)(C)OC(=O)[C@H](CNC(=O)c1ccc(N2CCN(c3nc4ccccc4[nH]3)CC2)cc1)NC(=O)OCc1ccccc1. The van der Waals surface area contributed by atoms with Gasteiger partial charge in [-0.3, -0.25) is 4.79 Å². The lowest BCUT2D eigenvalue weighted by Crippen LogP contribution is -2.50. The number of rotatable bonds is 9. The second kappa shape index (κ2) is 13.5. The first-order chi connectivity index (χ1) is 21.1. The molecule has 0 aliphatic carbocycles. The number of carbonyl (C=O) groups excluding carboxylic acids is 3. The van der Waals surface area contributed by atoms with Gasteiger partial charge in [-0.1, -0.05) is 42.5 Å². The van der Waals surface area contributed by atoms with E-state index in [1.807, 2.05) is 66.7 Å². The molecule has 1 atom stereocenters. The minimum Gasteiger partial charge on any atom is -0.458 e. The van der Waals surface area contributed by atoms with Gasteiger partial charge in [-0.15, -0.1) is 0 Å². The molecule has 0 bridgehead atoms. The van der Waals surface area contributed by atoms with Crippen LogP contribution in [0.1, 0.15) is 36.7 Å². The first kappa shape index (κ1) is 30.4. The molecule has 11 nitrogen and oxygen atoms in total. The summed E-state index contributed by atoms with van der Waals surface area (Å²) in [5, 5.41) is 5.26. The molecule has 5 rings (SSSR count). The third kappa shape index (κ3) is 8.06. The van der Waals surface area contributed by atoms with Gasteiger partial charge in [0.1, 0.15) is 18.2 Å². The smallest absolute Gasteiger partial charge is 0.408 e. The number of nitrogens with zero attached hydrogens (tertiary/aromatic N) is 3. The summed E-state index contributed by atoms with van der Waals surface area (Å²) in [6, 6.07) is 23.4. The summed E-state index contributed by atoms with van der Waals surface area (Å²) < 4.78 is 10.7. The largest absolute Gasteiger partial charge is 0.458 e. The van der Waals surface area contributed by atoms with Crippen LogP contribution in [-0.2, 0) is 20.9 Å². The van der Waals surface area contributed by atoms with E-state index < -0.39 is 23.7 Å². The Kier molecular flexibility index (Phi) is 9.32. The van der Waals surface area contributed by atoms with Gasteiger partial charge in [0.25, 0.3) is 5.91 Å². The number of esters is 1. The highest BCUT2D eigenvalue weighted by Crippen LogP contribution is 2.22. The van der Waals surface area contributed by atoms with Crippen molar-refractivity contribution >= 4 is 40.6 Å². The van der Waals surface area contributed by atoms with E-state index >= 15 is 0 Å². The molecule has 1 saturated heterocycles. The fourth-order valence-electron chi connectivity index (χ4n) is 4.86. The van der Waals surface area contributed by atoms with Gasteiger partial charge in [-0.05, 0) is 62.7 Å². The van der Waals surface area contributed by atoms with Crippen molar-refractivity contribution in [2.24, 2.45) is 0 Å². The van der Waals surface area contributed by atoms with Crippen molar-refractivity contribution in [1.29, 1.82) is 0 Å². The molecule has 1 aliphatic rings. The highest BCUT2D eigenvalue weighted by Gasteiger charge is 2.28. The van der Waals surface area contributed by atoms with Gasteiger partial charge in [0.2, 0.25) is 5.95 Å². The van der Waals surface area contributed by atoms with E-state index in [2.05, 4.69) is 25.4 Å². The van der Waals surface area contributed by atoms with Crippen molar-refractivity contribution < 1.29 is 23.9 Å². The van der Waals surface area contributed by atoms with Crippen LogP contribution in [0.15, 0.2) is 78.9 Å². The highest BCUT2D eigenvalue weighted by molar-refractivity contribution is 5.95. The molecule has 4 aromatic rings. The van der Waals surface area contributed by atoms with Crippen molar-refractivity contribution in [2.45, 2.75) is 39.0 Å². The second-order valence-electron chi connectivity index (χ2n) is 11.6. The Morgan fingerprint density at radius 3 is 2.23 bits per heavy atom. The van der Waals surface area contributed by atoms with E-state index in [0.717, 1.165) is 54.4 Å². The molecular weight excluding hydrogens is 560 g/mol. The molecule has 11 heteroatoms. The molecule has 0 radical (unpaired) electrons. The van der Waals surface area contributed by atoms with E-state index in [9.17, 15) is 14.4 Å². The maximum atomic E-state index is 13.0. The number of hydrogen-bond donors (Lipinski definition) is 3. The third-order valence-electron chi connectivity index (χ3n) is 7.11. The number of anilines is 2. The number of benzene rings is 3. The molecule has 3 aromatic carbocycles. The van der Waals surface area contributed by atoms with Crippen molar-refractivity contribution in [2.75, 3.05) is 42.5 Å². The number of aromatic amines is 1. The molecule has 1 fully saturated rings. The van der Waals surface area contributed by atoms with Gasteiger partial charge >= 0.3 is 12.1 Å². The van der Waals surface area contributed by atoms with Crippen LogP contribution in [-0.4, -0.2) is 72.3 Å². The Labute approximate surface area is 256 Å². The Bertz CT molecular complexity index is 1540. The quantitative estimate of drug-likeness (QED) is 0.244. The highest BCUT2D eigenvalue weighted by atomic mass is 16.6. The van der Waals surface area contributed by atoms with Crippen LogP contribution in [0.5, 0.6) is 0 Å². The maximum absolute atomic E-state index is 13.0. The number of aromatic nitrogens is 2. The molecule has 1 aliphatic heterocycles. The first-order valence-corrected chi connectivity index (χ1v) is 14.7. The third-order valence-corrected chi connectivity index (χ3v) is 7.11. The Morgan fingerprint density at radius 2 is 1.55 bits per heavy atom. The van der Waals surface area contributed by atoms with Crippen LogP contribution < -0.4 is 20.4 Å². The summed E-state index contributed by atoms with van der Waals surface area (Å²) in [4.78, 5) is 50.9. The fourth-order valence-corrected chi connectivity index (χ4v) is 4.86. The zero-order valence-corrected chi connectivity index (χ0v) is 25.2. The lowest BCUT2D eigenvalue weighted by atomic mass is 10.1. The molecule has 2 heterocycles. The summed E-state index contributed by atoms with van der Waals surface area (Å²) in [5.74, 6) is -0.174. The molecular formula is C33H38N6O5. The lowest BCUT2D eigenvalue weighted by molar-refractivity contribution is -0.157. The monoisotopic (exact) mass is 598 g/mol. The Hall–Kier alpha value is -5.06. The van der Waals surface area contributed by atoms with E-state index in [-0.39, 0.29) is 19.1 Å². The minimum absolute atomic E-state index is 0.0430. The summed E-state index contributed by atoms with van der Waals surface area (Å²) in [7, 11) is 0. The summed E-state index contributed by atoms with van der Waals surface area (Å²) in [6.07, 6.45) is -0.788. The first-order valence-electron chi connectivity index (χ1n) is 14.7. The summed E-state index contributed by atoms with van der Waals surface area (Å²) in [6.45, 7) is 8.32. The average Bonchev–Trinajstić information content (AvgIpc) is 3.46. The van der Waals surface area contributed by atoms with Gasteiger partial charge in [0.15, 0.2) is 0 Å². The van der Waals surface area contributed by atoms with Crippen LogP contribution in [0, 0.1) is 0 Å². The molecule has 2 amide bonds. The van der Waals surface area contributed by atoms with Crippen molar-refractivity contribution in [3.63, 3.8) is 0 Å². The number of imidazole rings is 1. The topological polar surface area (TPSA) is 129 Å². The number of hydrogen-bond acceptors (Lipinski definition) is 8. The molecule has 230 valence electrons. The predicted octanol–water partition coefficient (Wildman–Crippen LogP) is 4.26. The molecule has 3 N–H and O–H groups in total. The summed E-state index contributed by atoms with van der Waals surface area (Å²) >= 11 is 0. The van der Waals surface area contributed by atoms with Crippen molar-refractivity contribution in [1.82, 2.24) is 20.6 Å². The van der Waals surface area contributed by atoms with E-state index in [0.29, 0.717) is 5.56 Å². The van der Waals surface area contributed by atoms with Gasteiger partial charge in [-0.25, -0.2) is 14.6 Å². The number of alkyl carbamates (subject to hydrolysis) is 1. The molecule has 1 aromatic heterocycles. The number of para-hydroxylation sites is 2. The Balaban J connectivity index is 1.14. The number of nitrogens with one attached hydrogen (secondary N) is 3. The van der Waals surface area contributed by atoms with Crippen LogP contribution in [0.3, 0.4) is 0 Å². The zero-order chi connectivity index (χ0) is 31.1. The van der Waals surface area contributed by atoms with E-state index in [4.69, 9.17) is 14.5 Å². The average molecular weight is 599 g/mol. The van der Waals surface area contributed by atoms with Gasteiger partial charge in [-0.2, -0.15) is 0 Å². The standard InChI is InChI=1S/C33H38N6O5/c1-33(2,3)44-30(41)28(37-32(42)43-22-23-9-5-4-6-10-23)21-34-29(40)24-13-15-25(16-14-24)38-17-19-39(20-18-38)31-35-26-11-7-8-12-27(26)36-31/h4-16,28H,17-22H2,1-3H3,(H,34,40)(H,35,36)(H,37,42)/t28-/m0/s1. The number of amides is 2. The second-order valence-corrected chi connectivity index (χ2v) is 11.6. The van der Waals surface area contributed by atoms with E-state index in [1.54, 1.807) is 32.9 Å². The van der Waals surface area contributed by atoms with Crippen molar-refractivity contribution in [3.8, 4) is 0 Å². The lowest BCUT2D eigenvalue weighted by Gasteiger charge is -2.36. The number of ether oxygens (including phenoxy) is 2. The number of piperazine rings is 1. The summed E-state index contributed by atoms with van der Waals surface area (Å²) in [5.41, 5.74) is 3.46. The fraction of sp³-hybridized carbons (Fsp3) is 0.333.